The SMILES string of the molecule is O=C(NN1C(=O)C(=Cc2ccccc2OCc2ccc(Cl)cc2Cl)SC1=S)c1ccccc1. The van der Waals surface area contributed by atoms with E-state index in [1.54, 1.807) is 60.7 Å². The minimum Gasteiger partial charge on any atom is -0.488 e. The number of rotatable bonds is 6. The van der Waals surface area contributed by atoms with E-state index in [2.05, 4.69) is 5.43 Å². The van der Waals surface area contributed by atoms with Gasteiger partial charge in [0, 0.05) is 26.7 Å². The maximum Gasteiger partial charge on any atom is 0.285 e. The van der Waals surface area contributed by atoms with Crippen LogP contribution in [0.25, 0.3) is 6.08 Å². The maximum atomic E-state index is 12.9. The van der Waals surface area contributed by atoms with Crippen molar-refractivity contribution in [1.82, 2.24) is 10.4 Å². The number of carbonyl (C=O) groups excluding carboxylic acids is 2. The van der Waals surface area contributed by atoms with Crippen molar-refractivity contribution in [3.8, 4) is 5.75 Å². The average molecular weight is 515 g/mol. The number of halogens is 2. The lowest BCUT2D eigenvalue weighted by atomic mass is 10.1. The highest BCUT2D eigenvalue weighted by Crippen LogP contribution is 2.34. The number of nitrogens with zero attached hydrogens (tertiary/aromatic N) is 1. The van der Waals surface area contributed by atoms with Crippen LogP contribution in [0, 0.1) is 0 Å². The number of thiocarbonyl (C=S) groups is 1. The Morgan fingerprint density at radius 3 is 2.55 bits per heavy atom. The van der Waals surface area contributed by atoms with E-state index in [-0.39, 0.29) is 10.9 Å². The highest BCUT2D eigenvalue weighted by molar-refractivity contribution is 8.26. The van der Waals surface area contributed by atoms with Gasteiger partial charge >= 0.3 is 0 Å². The molecule has 33 heavy (non-hydrogen) atoms. The van der Waals surface area contributed by atoms with Crippen molar-refractivity contribution in [2.45, 2.75) is 6.61 Å². The summed E-state index contributed by atoms with van der Waals surface area (Å²) in [7, 11) is 0. The van der Waals surface area contributed by atoms with E-state index in [9.17, 15) is 9.59 Å². The van der Waals surface area contributed by atoms with E-state index >= 15 is 0 Å². The summed E-state index contributed by atoms with van der Waals surface area (Å²) in [5, 5.41) is 2.14. The van der Waals surface area contributed by atoms with Crippen LogP contribution in [0.1, 0.15) is 21.5 Å². The Morgan fingerprint density at radius 1 is 1.06 bits per heavy atom. The minimum atomic E-state index is -0.420. The van der Waals surface area contributed by atoms with Gasteiger partial charge in [0.05, 0.1) is 4.91 Å². The minimum absolute atomic E-state index is 0.231. The summed E-state index contributed by atoms with van der Waals surface area (Å²) in [6, 6.07) is 21.1. The molecular formula is C24H16Cl2N2O3S2. The summed E-state index contributed by atoms with van der Waals surface area (Å²) in [5.41, 5.74) is 4.47. The number of thioether (sulfide) groups is 1. The van der Waals surface area contributed by atoms with Gasteiger partial charge < -0.3 is 4.74 Å². The number of carbonyl (C=O) groups is 2. The van der Waals surface area contributed by atoms with Crippen molar-refractivity contribution in [2.75, 3.05) is 0 Å². The molecule has 9 heteroatoms. The second-order valence-electron chi connectivity index (χ2n) is 6.89. The predicted octanol–water partition coefficient (Wildman–Crippen LogP) is 6.12. The van der Waals surface area contributed by atoms with E-state index in [4.69, 9.17) is 40.2 Å². The van der Waals surface area contributed by atoms with E-state index in [1.165, 1.54) is 0 Å². The largest absolute Gasteiger partial charge is 0.488 e. The van der Waals surface area contributed by atoms with Gasteiger partial charge in [-0.1, -0.05) is 77.4 Å². The number of benzene rings is 3. The molecule has 1 fully saturated rings. The molecule has 0 atom stereocenters. The molecule has 3 aromatic rings. The van der Waals surface area contributed by atoms with Crippen LogP contribution >= 0.6 is 47.2 Å². The second-order valence-corrected chi connectivity index (χ2v) is 9.41. The molecule has 1 N–H and O–H groups in total. The van der Waals surface area contributed by atoms with Gasteiger partial charge in [0.25, 0.3) is 11.8 Å². The molecule has 0 bridgehead atoms. The third-order valence-electron chi connectivity index (χ3n) is 4.65. The van der Waals surface area contributed by atoms with E-state index in [0.717, 1.165) is 22.3 Å². The number of nitrogens with one attached hydrogen (secondary N) is 1. The molecule has 1 saturated heterocycles. The van der Waals surface area contributed by atoms with Crippen LogP contribution in [-0.2, 0) is 11.4 Å². The molecule has 5 nitrogen and oxygen atoms in total. The number of amides is 2. The fourth-order valence-corrected chi connectivity index (χ4v) is 4.62. The Kier molecular flexibility index (Phi) is 7.35. The summed E-state index contributed by atoms with van der Waals surface area (Å²) in [5.74, 6) is -0.260. The number of hydrazine groups is 1. The lowest BCUT2D eigenvalue weighted by Crippen LogP contribution is -2.44. The van der Waals surface area contributed by atoms with Crippen LogP contribution < -0.4 is 10.2 Å². The van der Waals surface area contributed by atoms with Crippen molar-refractivity contribution in [3.63, 3.8) is 0 Å². The smallest absolute Gasteiger partial charge is 0.285 e. The lowest BCUT2D eigenvalue weighted by molar-refractivity contribution is -0.123. The van der Waals surface area contributed by atoms with Gasteiger partial charge in [-0.3, -0.25) is 15.0 Å². The second kappa shape index (κ2) is 10.4. The molecule has 0 spiro atoms. The third-order valence-corrected chi connectivity index (χ3v) is 6.54. The van der Waals surface area contributed by atoms with Gasteiger partial charge in [-0.25, -0.2) is 0 Å². The average Bonchev–Trinajstić information content (AvgIpc) is 3.07. The summed E-state index contributed by atoms with van der Waals surface area (Å²) >= 11 is 18.6. The van der Waals surface area contributed by atoms with Crippen molar-refractivity contribution in [3.05, 3.63) is 104 Å². The van der Waals surface area contributed by atoms with Gasteiger partial charge in [0.1, 0.15) is 12.4 Å². The highest BCUT2D eigenvalue weighted by atomic mass is 35.5. The van der Waals surface area contributed by atoms with Crippen LogP contribution in [0.2, 0.25) is 10.0 Å². The first kappa shape index (κ1) is 23.3. The molecule has 1 aliphatic heterocycles. The van der Waals surface area contributed by atoms with E-state index < -0.39 is 11.8 Å². The first-order valence-electron chi connectivity index (χ1n) is 9.72. The molecule has 0 aliphatic carbocycles. The molecule has 2 amide bonds. The van der Waals surface area contributed by atoms with Crippen molar-refractivity contribution in [2.24, 2.45) is 0 Å². The first-order valence-corrected chi connectivity index (χ1v) is 11.7. The van der Waals surface area contributed by atoms with Crippen LogP contribution in [0.5, 0.6) is 5.75 Å². The topological polar surface area (TPSA) is 58.6 Å². The standard InChI is InChI=1S/C24H16Cl2N2O3S2/c25-18-11-10-17(19(26)13-18)14-31-20-9-5-4-8-16(20)12-21-23(30)28(24(32)33-21)27-22(29)15-6-2-1-3-7-15/h1-13H,14H2,(H,27,29). The van der Waals surface area contributed by atoms with E-state index in [1.807, 2.05) is 18.2 Å². The zero-order chi connectivity index (χ0) is 23.4. The quantitative estimate of drug-likeness (QED) is 0.317. The third kappa shape index (κ3) is 5.57. The Hall–Kier alpha value is -2.84. The van der Waals surface area contributed by atoms with Crippen LogP contribution in [-0.4, -0.2) is 21.1 Å². The molecule has 1 heterocycles. The van der Waals surface area contributed by atoms with Gasteiger partial charge in [-0.05, 0) is 48.6 Å². The Labute approximate surface area is 210 Å². The van der Waals surface area contributed by atoms with Gasteiger partial charge in [0.15, 0.2) is 4.32 Å². The molecule has 0 saturated carbocycles. The number of para-hydroxylation sites is 1. The lowest BCUT2D eigenvalue weighted by Gasteiger charge is -2.15. The first-order chi connectivity index (χ1) is 15.9. The van der Waals surface area contributed by atoms with Crippen LogP contribution in [0.3, 0.4) is 0 Å². The zero-order valence-electron chi connectivity index (χ0n) is 17.0. The molecule has 0 aromatic heterocycles. The van der Waals surface area contributed by atoms with Crippen LogP contribution in [0.15, 0.2) is 77.7 Å². The molecule has 1 aliphatic rings. The maximum absolute atomic E-state index is 12.9. The Balaban J connectivity index is 1.50. The van der Waals surface area contributed by atoms with Crippen LogP contribution in [0.4, 0.5) is 0 Å². The molecular weight excluding hydrogens is 499 g/mol. The van der Waals surface area contributed by atoms with Gasteiger partial charge in [-0.2, -0.15) is 5.01 Å². The van der Waals surface area contributed by atoms with E-state index in [0.29, 0.717) is 31.8 Å². The number of ether oxygens (including phenoxy) is 1. The summed E-state index contributed by atoms with van der Waals surface area (Å²) < 4.78 is 6.19. The Bertz CT molecular complexity index is 1270. The van der Waals surface area contributed by atoms with Gasteiger partial charge in [-0.15, -0.1) is 0 Å². The molecule has 0 unspecified atom stereocenters. The monoisotopic (exact) mass is 514 g/mol. The normalized spacial score (nSPS) is 14.6. The predicted molar refractivity (Wildman–Crippen MR) is 136 cm³/mol. The zero-order valence-corrected chi connectivity index (χ0v) is 20.1. The molecule has 4 rings (SSSR count). The summed E-state index contributed by atoms with van der Waals surface area (Å²) in [4.78, 5) is 25.7. The number of hydrogen-bond donors (Lipinski definition) is 1. The molecule has 166 valence electrons. The highest BCUT2D eigenvalue weighted by Gasteiger charge is 2.34. The fraction of sp³-hybridized carbons (Fsp3) is 0.0417. The Morgan fingerprint density at radius 2 is 1.79 bits per heavy atom. The summed E-state index contributed by atoms with van der Waals surface area (Å²) in [6.45, 7) is 0.231. The molecule has 3 aromatic carbocycles. The van der Waals surface area contributed by atoms with Gasteiger partial charge in [0.2, 0.25) is 0 Å². The van der Waals surface area contributed by atoms with Crippen molar-refractivity contribution >= 4 is 69.4 Å². The summed E-state index contributed by atoms with van der Waals surface area (Å²) in [6.07, 6.45) is 1.69. The van der Waals surface area contributed by atoms with Crippen molar-refractivity contribution in [1.29, 1.82) is 0 Å². The molecule has 0 radical (unpaired) electrons. The fourth-order valence-electron chi connectivity index (χ4n) is 2.99. The van der Waals surface area contributed by atoms with Crippen molar-refractivity contribution < 1.29 is 14.3 Å². The number of hydrogen-bond acceptors (Lipinski definition) is 5.